The molecule has 0 amide bonds. The van der Waals surface area contributed by atoms with E-state index in [1.54, 1.807) is 19.3 Å². The first-order valence-corrected chi connectivity index (χ1v) is 15.0. The fourth-order valence-corrected chi connectivity index (χ4v) is 6.04. The molecule has 4 heterocycles. The van der Waals surface area contributed by atoms with Crippen LogP contribution in [-0.2, 0) is 6.54 Å². The average molecular weight is 585 g/mol. The molecule has 0 radical (unpaired) electrons. The lowest BCUT2D eigenvalue weighted by Crippen LogP contribution is -2.16. The smallest absolute Gasteiger partial charge is 0.169 e. The summed E-state index contributed by atoms with van der Waals surface area (Å²) in [7, 11) is 0. The summed E-state index contributed by atoms with van der Waals surface area (Å²) < 4.78 is 0. The second-order valence-corrected chi connectivity index (χ2v) is 11.4. The number of rotatable bonds is 10. The maximum atomic E-state index is 11.9. The van der Waals surface area contributed by atoms with Crippen molar-refractivity contribution in [3.63, 3.8) is 0 Å². The van der Waals surface area contributed by atoms with Crippen molar-refractivity contribution in [3.05, 3.63) is 119 Å². The van der Waals surface area contributed by atoms with Gasteiger partial charge in [0.25, 0.3) is 0 Å². The fourth-order valence-electron chi connectivity index (χ4n) is 5.12. The third-order valence-electron chi connectivity index (χ3n) is 7.27. The standard InChI is InChI=1S/C35H32N6OS/c1-4-9-24(19-36-18-23-10-7-6-8-11-23)16-25(5-2)26-12-13-29-27(17-26)34(41-40-29)35-38-30-21-37-20-28(33(30)39-35)32-15-14-31(43-32)22(3)42/h4-17,20-21,36H,18-19H2,1-3H3,(H,38,39)(H,40,41)/b9-4+,24-16+,25-5+. The Morgan fingerprint density at radius 1 is 1.02 bits per heavy atom. The molecule has 0 atom stereocenters. The van der Waals surface area contributed by atoms with Gasteiger partial charge in [-0.05, 0) is 67.3 Å². The number of imidazole rings is 1. The Balaban J connectivity index is 1.31. The molecule has 0 aliphatic carbocycles. The maximum absolute atomic E-state index is 11.9. The zero-order valence-corrected chi connectivity index (χ0v) is 25.1. The summed E-state index contributed by atoms with van der Waals surface area (Å²) in [6.45, 7) is 7.25. The molecular formula is C35H32N6OS. The van der Waals surface area contributed by atoms with Crippen molar-refractivity contribution < 1.29 is 4.79 Å². The molecular weight excluding hydrogens is 552 g/mol. The zero-order valence-electron chi connectivity index (χ0n) is 24.3. The van der Waals surface area contributed by atoms with Crippen molar-refractivity contribution in [2.45, 2.75) is 27.3 Å². The molecule has 6 rings (SSSR count). The number of ketones is 1. The van der Waals surface area contributed by atoms with E-state index in [4.69, 9.17) is 4.98 Å². The third-order valence-corrected chi connectivity index (χ3v) is 8.49. The first-order chi connectivity index (χ1) is 21.0. The highest BCUT2D eigenvalue weighted by atomic mass is 32.1. The number of carbonyl (C=O) groups excluding carboxylic acids is 1. The quantitative estimate of drug-likeness (QED) is 0.112. The number of Topliss-reactive ketones (excluding diaryl/α,β-unsaturated/α-hetero) is 1. The van der Waals surface area contributed by atoms with E-state index in [0.717, 1.165) is 62.3 Å². The highest BCUT2D eigenvalue weighted by molar-refractivity contribution is 7.17. The largest absolute Gasteiger partial charge is 0.335 e. The number of aromatic nitrogens is 5. The first-order valence-electron chi connectivity index (χ1n) is 14.2. The lowest BCUT2D eigenvalue weighted by atomic mass is 10.00. The van der Waals surface area contributed by atoms with Gasteiger partial charge < -0.3 is 10.3 Å². The van der Waals surface area contributed by atoms with E-state index in [1.807, 2.05) is 25.1 Å². The minimum atomic E-state index is 0.0505. The van der Waals surface area contributed by atoms with Crippen LogP contribution >= 0.6 is 11.3 Å². The molecule has 0 unspecified atom stereocenters. The Morgan fingerprint density at radius 3 is 2.65 bits per heavy atom. The summed E-state index contributed by atoms with van der Waals surface area (Å²) in [5, 5.41) is 12.3. The van der Waals surface area contributed by atoms with E-state index in [0.29, 0.717) is 10.7 Å². The van der Waals surface area contributed by atoms with Gasteiger partial charge >= 0.3 is 0 Å². The second kappa shape index (κ2) is 12.5. The molecule has 6 aromatic rings. The molecule has 214 valence electrons. The van der Waals surface area contributed by atoms with Gasteiger partial charge in [-0.3, -0.25) is 14.9 Å². The highest BCUT2D eigenvalue weighted by Gasteiger charge is 2.17. The summed E-state index contributed by atoms with van der Waals surface area (Å²) in [5.74, 6) is 0.711. The van der Waals surface area contributed by atoms with Crippen LogP contribution in [0.25, 0.3) is 49.5 Å². The average Bonchev–Trinajstić information content (AvgIpc) is 3.78. The summed E-state index contributed by atoms with van der Waals surface area (Å²) >= 11 is 1.45. The molecule has 4 aromatic heterocycles. The third kappa shape index (κ3) is 6.02. The molecule has 0 saturated heterocycles. The van der Waals surface area contributed by atoms with E-state index in [-0.39, 0.29) is 5.78 Å². The maximum Gasteiger partial charge on any atom is 0.169 e. The number of allylic oxidation sites excluding steroid dienone is 4. The van der Waals surface area contributed by atoms with Gasteiger partial charge in [0.05, 0.1) is 22.1 Å². The van der Waals surface area contributed by atoms with Crippen molar-refractivity contribution in [3.8, 4) is 22.0 Å². The SMILES string of the molecule is C/C=C/C(=C\C(=C/C)c1ccc2[nH]nc(-c3nc4c(-c5ccc(C(C)=O)s5)cncc4[nH]3)c2c1)CNCc1ccccc1. The normalized spacial score (nSPS) is 12.6. The number of pyridine rings is 1. The Bertz CT molecular complexity index is 2010. The van der Waals surface area contributed by atoms with E-state index in [2.05, 4.69) is 99.2 Å². The van der Waals surface area contributed by atoms with Gasteiger partial charge in [-0.2, -0.15) is 5.10 Å². The summed E-state index contributed by atoms with van der Waals surface area (Å²) in [6.07, 6.45) is 12.2. The van der Waals surface area contributed by atoms with Crippen molar-refractivity contribution in [2.24, 2.45) is 0 Å². The van der Waals surface area contributed by atoms with E-state index in [9.17, 15) is 4.79 Å². The van der Waals surface area contributed by atoms with Crippen LogP contribution in [0.1, 0.15) is 41.6 Å². The number of aromatic amines is 2. The molecule has 7 nitrogen and oxygen atoms in total. The van der Waals surface area contributed by atoms with Gasteiger partial charge in [0.2, 0.25) is 0 Å². The van der Waals surface area contributed by atoms with Gasteiger partial charge in [0.15, 0.2) is 11.6 Å². The molecule has 2 aromatic carbocycles. The lowest BCUT2D eigenvalue weighted by molar-refractivity contribution is 0.102. The Morgan fingerprint density at radius 2 is 1.88 bits per heavy atom. The van der Waals surface area contributed by atoms with Crippen LogP contribution in [0.5, 0.6) is 0 Å². The predicted octanol–water partition coefficient (Wildman–Crippen LogP) is 8.13. The predicted molar refractivity (Wildman–Crippen MR) is 177 cm³/mol. The van der Waals surface area contributed by atoms with Gasteiger partial charge in [0, 0.05) is 35.1 Å². The van der Waals surface area contributed by atoms with Crippen LogP contribution in [-0.4, -0.2) is 37.5 Å². The highest BCUT2D eigenvalue weighted by Crippen LogP contribution is 2.35. The lowest BCUT2D eigenvalue weighted by Gasteiger charge is -2.09. The number of carbonyl (C=O) groups is 1. The van der Waals surface area contributed by atoms with Crippen LogP contribution < -0.4 is 5.32 Å². The number of fused-ring (bicyclic) bond motifs is 2. The number of benzene rings is 2. The zero-order chi connectivity index (χ0) is 29.8. The minimum absolute atomic E-state index is 0.0505. The van der Waals surface area contributed by atoms with Gasteiger partial charge in [-0.25, -0.2) is 4.98 Å². The van der Waals surface area contributed by atoms with Crippen LogP contribution in [0.4, 0.5) is 0 Å². The Hall–Kier alpha value is -4.92. The molecule has 3 N–H and O–H groups in total. The molecule has 0 saturated carbocycles. The molecule has 43 heavy (non-hydrogen) atoms. The van der Waals surface area contributed by atoms with Gasteiger partial charge in [0.1, 0.15) is 11.2 Å². The monoisotopic (exact) mass is 584 g/mol. The first kappa shape index (κ1) is 28.2. The molecule has 8 heteroatoms. The number of thiophene rings is 1. The van der Waals surface area contributed by atoms with Crippen LogP contribution in [0.2, 0.25) is 0 Å². The fraction of sp³-hybridized carbons (Fsp3) is 0.143. The van der Waals surface area contributed by atoms with E-state index >= 15 is 0 Å². The van der Waals surface area contributed by atoms with Crippen molar-refractivity contribution >= 4 is 44.6 Å². The summed E-state index contributed by atoms with van der Waals surface area (Å²) in [5.41, 5.74) is 8.84. The molecule has 0 aliphatic rings. The van der Waals surface area contributed by atoms with Crippen LogP contribution in [0, 0.1) is 0 Å². The van der Waals surface area contributed by atoms with E-state index in [1.165, 1.54) is 22.5 Å². The Kier molecular flexibility index (Phi) is 8.22. The molecule has 0 spiro atoms. The van der Waals surface area contributed by atoms with Gasteiger partial charge in [-0.15, -0.1) is 11.3 Å². The summed E-state index contributed by atoms with van der Waals surface area (Å²) in [6, 6.07) is 20.6. The summed E-state index contributed by atoms with van der Waals surface area (Å²) in [4.78, 5) is 26.3. The topological polar surface area (TPSA) is 99.3 Å². The van der Waals surface area contributed by atoms with Crippen LogP contribution in [0.15, 0.2) is 103 Å². The number of hydrogen-bond donors (Lipinski definition) is 3. The minimum Gasteiger partial charge on any atom is -0.335 e. The van der Waals surface area contributed by atoms with Crippen molar-refractivity contribution in [2.75, 3.05) is 6.54 Å². The molecule has 0 fully saturated rings. The second-order valence-electron chi connectivity index (χ2n) is 10.3. The number of nitrogens with one attached hydrogen (secondary N) is 3. The van der Waals surface area contributed by atoms with Gasteiger partial charge in [-0.1, -0.05) is 60.7 Å². The van der Waals surface area contributed by atoms with Crippen LogP contribution in [0.3, 0.4) is 0 Å². The number of hydrogen-bond acceptors (Lipinski definition) is 6. The molecule has 0 aliphatic heterocycles. The van der Waals surface area contributed by atoms with Crippen molar-refractivity contribution in [1.82, 2.24) is 30.5 Å². The van der Waals surface area contributed by atoms with E-state index < -0.39 is 0 Å². The number of H-pyrrole nitrogens is 2. The molecule has 0 bridgehead atoms. The van der Waals surface area contributed by atoms with Crippen molar-refractivity contribution in [1.29, 1.82) is 0 Å². The Labute approximate surface area is 254 Å². The number of nitrogens with zero attached hydrogens (tertiary/aromatic N) is 3.